The zero-order valence-corrected chi connectivity index (χ0v) is 13.3. The average molecular weight is 306 g/mol. The van der Waals surface area contributed by atoms with Crippen LogP contribution in [-0.4, -0.2) is 10.8 Å². The summed E-state index contributed by atoms with van der Waals surface area (Å²) in [4.78, 5) is 22.2. The second-order valence-electron chi connectivity index (χ2n) is 5.55. The van der Waals surface area contributed by atoms with Gasteiger partial charge in [-0.1, -0.05) is 64.0 Å². The normalized spacial score (nSPS) is 10.4. The summed E-state index contributed by atoms with van der Waals surface area (Å²) in [5.74, 6) is -0.153. The molecular formula is C17H26N2O3. The maximum Gasteiger partial charge on any atom is 0.292 e. The smallest absolute Gasteiger partial charge is 0.292 e. The van der Waals surface area contributed by atoms with E-state index in [2.05, 4.69) is 12.2 Å². The van der Waals surface area contributed by atoms with Gasteiger partial charge in [-0.3, -0.25) is 14.9 Å². The van der Waals surface area contributed by atoms with Crippen molar-refractivity contribution in [2.24, 2.45) is 0 Å². The lowest BCUT2D eigenvalue weighted by Crippen LogP contribution is -2.12. The lowest BCUT2D eigenvalue weighted by Gasteiger charge is -2.06. The summed E-state index contributed by atoms with van der Waals surface area (Å²) in [6, 6.07) is 6.22. The first-order valence-electron chi connectivity index (χ1n) is 8.18. The molecule has 122 valence electrons. The molecule has 1 aromatic carbocycles. The molecular weight excluding hydrogens is 280 g/mol. The number of hydrogen-bond acceptors (Lipinski definition) is 3. The summed E-state index contributed by atoms with van der Waals surface area (Å²) in [6.07, 6.45) is 9.81. The molecule has 0 aliphatic rings. The van der Waals surface area contributed by atoms with Gasteiger partial charge in [0.25, 0.3) is 5.69 Å². The zero-order valence-electron chi connectivity index (χ0n) is 13.3. The molecule has 0 saturated heterocycles. The fourth-order valence-electron chi connectivity index (χ4n) is 2.37. The van der Waals surface area contributed by atoms with Crippen molar-refractivity contribution in [1.29, 1.82) is 0 Å². The standard InChI is InChI=1S/C17H26N2O3/c1-2-3-4-5-6-7-8-9-14-17(20)18-15-12-10-11-13-16(15)19(21)22/h10-13H,2-9,14H2,1H3,(H,18,20). The van der Waals surface area contributed by atoms with Crippen LogP contribution in [0.5, 0.6) is 0 Å². The van der Waals surface area contributed by atoms with E-state index in [1.165, 1.54) is 38.2 Å². The number of carbonyl (C=O) groups is 1. The summed E-state index contributed by atoms with van der Waals surface area (Å²) in [7, 11) is 0. The van der Waals surface area contributed by atoms with E-state index in [1.54, 1.807) is 18.2 Å². The molecule has 0 aromatic heterocycles. The molecule has 0 bridgehead atoms. The number of nitrogens with zero attached hydrogens (tertiary/aromatic N) is 1. The Morgan fingerprint density at radius 2 is 1.64 bits per heavy atom. The first-order valence-corrected chi connectivity index (χ1v) is 8.18. The van der Waals surface area contributed by atoms with Crippen LogP contribution in [0.25, 0.3) is 0 Å². The number of hydrogen-bond donors (Lipinski definition) is 1. The monoisotopic (exact) mass is 306 g/mol. The van der Waals surface area contributed by atoms with Gasteiger partial charge < -0.3 is 5.32 Å². The lowest BCUT2D eigenvalue weighted by molar-refractivity contribution is -0.383. The Labute approximate surface area is 132 Å². The van der Waals surface area contributed by atoms with Crippen molar-refractivity contribution >= 4 is 17.3 Å². The molecule has 0 saturated carbocycles. The molecule has 0 unspecified atom stereocenters. The number of nitrogens with one attached hydrogen (secondary N) is 1. The van der Waals surface area contributed by atoms with Gasteiger partial charge in [0.1, 0.15) is 5.69 Å². The molecule has 1 aromatic rings. The van der Waals surface area contributed by atoms with Gasteiger partial charge in [0.05, 0.1) is 4.92 Å². The van der Waals surface area contributed by atoms with Gasteiger partial charge in [-0.15, -0.1) is 0 Å². The van der Waals surface area contributed by atoms with E-state index in [9.17, 15) is 14.9 Å². The Balaban J connectivity index is 2.20. The quantitative estimate of drug-likeness (QED) is 0.352. The van der Waals surface area contributed by atoms with Gasteiger partial charge in [-0.05, 0) is 12.5 Å². The molecule has 5 heteroatoms. The van der Waals surface area contributed by atoms with Crippen LogP contribution in [0, 0.1) is 10.1 Å². The molecule has 0 aliphatic heterocycles. The van der Waals surface area contributed by atoms with Crippen molar-refractivity contribution in [3.63, 3.8) is 0 Å². The second-order valence-corrected chi connectivity index (χ2v) is 5.55. The van der Waals surface area contributed by atoms with Crippen LogP contribution in [-0.2, 0) is 4.79 Å². The highest BCUT2D eigenvalue weighted by Gasteiger charge is 2.14. The number of unbranched alkanes of at least 4 members (excludes halogenated alkanes) is 7. The van der Waals surface area contributed by atoms with Crippen molar-refractivity contribution in [2.45, 2.75) is 64.7 Å². The van der Waals surface area contributed by atoms with Crippen LogP contribution in [0.15, 0.2) is 24.3 Å². The number of amides is 1. The Bertz CT molecular complexity index is 475. The minimum absolute atomic E-state index is 0.0632. The van der Waals surface area contributed by atoms with E-state index in [0.29, 0.717) is 6.42 Å². The van der Waals surface area contributed by atoms with Crippen LogP contribution >= 0.6 is 0 Å². The fourth-order valence-corrected chi connectivity index (χ4v) is 2.37. The zero-order chi connectivity index (χ0) is 16.2. The van der Waals surface area contributed by atoms with E-state index >= 15 is 0 Å². The molecule has 0 aliphatic carbocycles. The Hall–Kier alpha value is -1.91. The highest BCUT2D eigenvalue weighted by Crippen LogP contribution is 2.23. The van der Waals surface area contributed by atoms with Crippen molar-refractivity contribution in [3.05, 3.63) is 34.4 Å². The summed E-state index contributed by atoms with van der Waals surface area (Å²) in [5, 5.41) is 13.5. The highest BCUT2D eigenvalue weighted by molar-refractivity contribution is 5.92. The van der Waals surface area contributed by atoms with E-state index in [1.807, 2.05) is 0 Å². The average Bonchev–Trinajstić information content (AvgIpc) is 2.50. The highest BCUT2D eigenvalue weighted by atomic mass is 16.6. The van der Waals surface area contributed by atoms with Crippen molar-refractivity contribution < 1.29 is 9.72 Å². The number of nitro benzene ring substituents is 1. The van der Waals surface area contributed by atoms with Crippen LogP contribution in [0.4, 0.5) is 11.4 Å². The Morgan fingerprint density at radius 1 is 1.05 bits per heavy atom. The summed E-state index contributed by atoms with van der Waals surface area (Å²) in [5.41, 5.74) is 0.212. The molecule has 0 atom stereocenters. The topological polar surface area (TPSA) is 72.2 Å². The van der Waals surface area contributed by atoms with Crippen molar-refractivity contribution in [3.8, 4) is 0 Å². The molecule has 0 fully saturated rings. The maximum atomic E-state index is 11.8. The van der Waals surface area contributed by atoms with Gasteiger partial charge in [-0.25, -0.2) is 0 Å². The molecule has 0 spiro atoms. The van der Waals surface area contributed by atoms with E-state index in [-0.39, 0.29) is 17.3 Å². The third-order valence-corrected chi connectivity index (χ3v) is 3.63. The van der Waals surface area contributed by atoms with Crippen molar-refractivity contribution in [2.75, 3.05) is 5.32 Å². The Morgan fingerprint density at radius 3 is 2.27 bits per heavy atom. The number of carbonyl (C=O) groups excluding carboxylic acids is 1. The molecule has 1 N–H and O–H groups in total. The number of benzene rings is 1. The summed E-state index contributed by atoms with van der Waals surface area (Å²) < 4.78 is 0. The fraction of sp³-hybridized carbons (Fsp3) is 0.588. The molecule has 0 radical (unpaired) electrons. The van der Waals surface area contributed by atoms with Gasteiger partial charge in [0, 0.05) is 12.5 Å². The number of nitro groups is 1. The van der Waals surface area contributed by atoms with Crippen molar-refractivity contribution in [1.82, 2.24) is 0 Å². The third kappa shape index (κ3) is 7.20. The second kappa shape index (κ2) is 10.8. The molecule has 5 nitrogen and oxygen atoms in total. The molecule has 1 amide bonds. The summed E-state index contributed by atoms with van der Waals surface area (Å²) >= 11 is 0. The largest absolute Gasteiger partial charge is 0.320 e. The van der Waals surface area contributed by atoms with E-state index in [4.69, 9.17) is 0 Å². The van der Waals surface area contributed by atoms with Crippen LogP contribution in [0.1, 0.15) is 64.7 Å². The molecule has 0 heterocycles. The van der Waals surface area contributed by atoms with Gasteiger partial charge >= 0.3 is 0 Å². The minimum atomic E-state index is -0.480. The third-order valence-electron chi connectivity index (χ3n) is 3.63. The lowest BCUT2D eigenvalue weighted by atomic mass is 10.1. The minimum Gasteiger partial charge on any atom is -0.320 e. The van der Waals surface area contributed by atoms with E-state index < -0.39 is 4.92 Å². The first-order chi connectivity index (χ1) is 10.6. The van der Waals surface area contributed by atoms with E-state index in [0.717, 1.165) is 19.3 Å². The first kappa shape index (κ1) is 18.1. The predicted octanol–water partition coefficient (Wildman–Crippen LogP) is 5.06. The van der Waals surface area contributed by atoms with Crippen LogP contribution < -0.4 is 5.32 Å². The Kier molecular flexibility index (Phi) is 8.88. The molecule has 1 rings (SSSR count). The van der Waals surface area contributed by atoms with Gasteiger partial charge in [0.2, 0.25) is 5.91 Å². The maximum absolute atomic E-state index is 11.8. The van der Waals surface area contributed by atoms with Gasteiger partial charge in [-0.2, -0.15) is 0 Å². The predicted molar refractivity (Wildman–Crippen MR) is 89.0 cm³/mol. The SMILES string of the molecule is CCCCCCCCCCC(=O)Nc1ccccc1[N+](=O)[O-]. The summed E-state index contributed by atoms with van der Waals surface area (Å²) in [6.45, 7) is 2.20. The van der Waals surface area contributed by atoms with Crippen LogP contribution in [0.2, 0.25) is 0 Å². The number of rotatable bonds is 11. The van der Waals surface area contributed by atoms with Crippen LogP contribution in [0.3, 0.4) is 0 Å². The number of anilines is 1. The van der Waals surface area contributed by atoms with Gasteiger partial charge in [0.15, 0.2) is 0 Å². The number of para-hydroxylation sites is 2. The molecule has 22 heavy (non-hydrogen) atoms.